The number of amides is 2. The van der Waals surface area contributed by atoms with Gasteiger partial charge in [0.15, 0.2) is 11.5 Å². The molecule has 0 saturated carbocycles. The summed E-state index contributed by atoms with van der Waals surface area (Å²) in [6.07, 6.45) is 0.438. The molecule has 0 aliphatic carbocycles. The van der Waals surface area contributed by atoms with E-state index in [9.17, 15) is 9.59 Å². The highest BCUT2D eigenvalue weighted by molar-refractivity contribution is 9.10. The van der Waals surface area contributed by atoms with Crippen LogP contribution in [0.3, 0.4) is 0 Å². The zero-order valence-electron chi connectivity index (χ0n) is 11.9. The molecule has 22 heavy (non-hydrogen) atoms. The van der Waals surface area contributed by atoms with Crippen molar-refractivity contribution in [2.45, 2.75) is 19.4 Å². The number of carboxylic acid groups (broad SMARTS) is 1. The van der Waals surface area contributed by atoms with E-state index in [0.717, 1.165) is 10.0 Å². The van der Waals surface area contributed by atoms with Crippen LogP contribution in [-0.4, -0.2) is 36.9 Å². The lowest BCUT2D eigenvalue weighted by Gasteiger charge is -2.20. The summed E-state index contributed by atoms with van der Waals surface area (Å²) in [7, 11) is 0. The minimum absolute atomic E-state index is 0.0371. The lowest BCUT2D eigenvalue weighted by Crippen LogP contribution is -2.35. The van der Waals surface area contributed by atoms with Crippen molar-refractivity contribution in [3.63, 3.8) is 0 Å². The Balaban J connectivity index is 1.80. The van der Waals surface area contributed by atoms with Crippen LogP contribution >= 0.6 is 15.9 Å². The van der Waals surface area contributed by atoms with E-state index in [1.165, 1.54) is 0 Å². The monoisotopic (exact) mass is 372 g/mol. The minimum atomic E-state index is -0.872. The van der Waals surface area contributed by atoms with Crippen LogP contribution in [0, 0.1) is 0 Å². The molecule has 0 saturated heterocycles. The first-order valence-electron chi connectivity index (χ1n) is 6.88. The van der Waals surface area contributed by atoms with E-state index in [1.54, 1.807) is 0 Å². The van der Waals surface area contributed by atoms with E-state index in [4.69, 9.17) is 14.6 Å². The number of carbonyl (C=O) groups is 2. The molecule has 0 unspecified atom stereocenters. The Hall–Kier alpha value is -1.96. The molecular formula is C14H17BrN2O5. The predicted octanol–water partition coefficient (Wildman–Crippen LogP) is 1.88. The number of carboxylic acids is 1. The van der Waals surface area contributed by atoms with Crippen molar-refractivity contribution < 1.29 is 24.2 Å². The molecule has 1 aliphatic rings. The Bertz CT molecular complexity index is 564. The second-order valence-electron chi connectivity index (χ2n) is 4.71. The minimum Gasteiger partial charge on any atom is -0.486 e. The molecule has 1 aliphatic heterocycles. The van der Waals surface area contributed by atoms with Gasteiger partial charge >= 0.3 is 12.0 Å². The number of rotatable bonds is 6. The number of benzene rings is 1. The van der Waals surface area contributed by atoms with Gasteiger partial charge in [0, 0.05) is 19.5 Å². The normalized spacial score (nSPS) is 12.6. The summed E-state index contributed by atoms with van der Waals surface area (Å²) < 4.78 is 11.8. The standard InChI is InChI=1S/C14H17BrN2O5/c15-10-6-9(7-11-13(10)22-5-4-21-11)8-17-14(20)16-3-1-2-12(18)19/h6-7H,1-5,8H2,(H,18,19)(H2,16,17,20). The summed E-state index contributed by atoms with van der Waals surface area (Å²) in [5.74, 6) is 0.454. The van der Waals surface area contributed by atoms with Crippen molar-refractivity contribution in [1.29, 1.82) is 0 Å². The first kappa shape index (κ1) is 16.4. The van der Waals surface area contributed by atoms with Crippen molar-refractivity contribution in [2.75, 3.05) is 19.8 Å². The molecule has 0 atom stereocenters. The molecule has 0 fully saturated rings. The van der Waals surface area contributed by atoms with Gasteiger partial charge in [0.1, 0.15) is 13.2 Å². The number of halogens is 1. The average molecular weight is 373 g/mol. The molecule has 1 aromatic carbocycles. The van der Waals surface area contributed by atoms with Crippen LogP contribution in [0.15, 0.2) is 16.6 Å². The van der Waals surface area contributed by atoms with Crippen molar-refractivity contribution in [2.24, 2.45) is 0 Å². The number of aliphatic carboxylic acids is 1. The first-order chi connectivity index (χ1) is 10.6. The molecule has 0 radical (unpaired) electrons. The van der Waals surface area contributed by atoms with E-state index >= 15 is 0 Å². The summed E-state index contributed by atoms with van der Waals surface area (Å²) in [5.41, 5.74) is 0.872. The summed E-state index contributed by atoms with van der Waals surface area (Å²) in [4.78, 5) is 21.9. The van der Waals surface area contributed by atoms with E-state index < -0.39 is 5.97 Å². The lowest BCUT2D eigenvalue weighted by molar-refractivity contribution is -0.137. The predicted molar refractivity (Wildman–Crippen MR) is 82.2 cm³/mol. The molecule has 0 spiro atoms. The zero-order chi connectivity index (χ0) is 15.9. The van der Waals surface area contributed by atoms with Gasteiger partial charge in [0.2, 0.25) is 0 Å². The van der Waals surface area contributed by atoms with Crippen LogP contribution < -0.4 is 20.1 Å². The highest BCUT2D eigenvalue weighted by Gasteiger charge is 2.16. The van der Waals surface area contributed by atoms with Gasteiger partial charge in [-0.2, -0.15) is 0 Å². The van der Waals surface area contributed by atoms with Gasteiger partial charge in [-0.1, -0.05) is 0 Å². The molecule has 1 heterocycles. The molecule has 120 valence electrons. The molecule has 0 aromatic heterocycles. The summed E-state index contributed by atoms with van der Waals surface area (Å²) in [6, 6.07) is 3.35. The Morgan fingerprint density at radius 1 is 1.23 bits per heavy atom. The van der Waals surface area contributed by atoms with E-state index in [1.807, 2.05) is 12.1 Å². The molecule has 8 heteroatoms. The topological polar surface area (TPSA) is 96.9 Å². The van der Waals surface area contributed by atoms with Crippen LogP contribution in [0.4, 0.5) is 4.79 Å². The van der Waals surface area contributed by atoms with Gasteiger partial charge in [0.25, 0.3) is 0 Å². The fourth-order valence-electron chi connectivity index (χ4n) is 1.95. The third kappa shape index (κ3) is 4.80. The highest BCUT2D eigenvalue weighted by Crippen LogP contribution is 2.38. The van der Waals surface area contributed by atoms with Crippen molar-refractivity contribution >= 4 is 27.9 Å². The largest absolute Gasteiger partial charge is 0.486 e. The SMILES string of the molecule is O=C(O)CCCNC(=O)NCc1cc(Br)c2c(c1)OCCO2. The maximum atomic E-state index is 11.6. The van der Waals surface area contributed by atoms with E-state index in [-0.39, 0.29) is 12.5 Å². The van der Waals surface area contributed by atoms with E-state index in [2.05, 4.69) is 26.6 Å². The van der Waals surface area contributed by atoms with Crippen molar-refractivity contribution in [1.82, 2.24) is 10.6 Å². The molecule has 0 bridgehead atoms. The van der Waals surface area contributed by atoms with Crippen molar-refractivity contribution in [3.05, 3.63) is 22.2 Å². The van der Waals surface area contributed by atoms with Crippen molar-refractivity contribution in [3.8, 4) is 11.5 Å². The number of nitrogens with one attached hydrogen (secondary N) is 2. The number of urea groups is 1. The summed E-state index contributed by atoms with van der Waals surface area (Å²) in [6.45, 7) is 1.67. The highest BCUT2D eigenvalue weighted by atomic mass is 79.9. The maximum absolute atomic E-state index is 11.6. The van der Waals surface area contributed by atoms with Crippen LogP contribution in [0.1, 0.15) is 18.4 Å². The molecule has 3 N–H and O–H groups in total. The fraction of sp³-hybridized carbons (Fsp3) is 0.429. The summed E-state index contributed by atoms with van der Waals surface area (Å²) in [5, 5.41) is 13.8. The number of hydrogen-bond donors (Lipinski definition) is 3. The number of carbonyl (C=O) groups excluding carboxylic acids is 1. The summed E-state index contributed by atoms with van der Waals surface area (Å²) >= 11 is 3.42. The van der Waals surface area contributed by atoms with Gasteiger partial charge in [0.05, 0.1) is 4.47 Å². The number of ether oxygens (including phenoxy) is 2. The average Bonchev–Trinajstić information content (AvgIpc) is 2.49. The molecule has 1 aromatic rings. The zero-order valence-corrected chi connectivity index (χ0v) is 13.4. The van der Waals surface area contributed by atoms with Gasteiger partial charge in [-0.05, 0) is 40.0 Å². The number of fused-ring (bicyclic) bond motifs is 1. The Morgan fingerprint density at radius 3 is 2.77 bits per heavy atom. The van der Waals surface area contributed by atoms with Crippen LogP contribution in [0.5, 0.6) is 11.5 Å². The Morgan fingerprint density at radius 2 is 2.00 bits per heavy atom. The second-order valence-corrected chi connectivity index (χ2v) is 5.56. The second kappa shape index (κ2) is 7.88. The van der Waals surface area contributed by atoms with Crippen LogP contribution in [-0.2, 0) is 11.3 Å². The third-order valence-electron chi connectivity index (χ3n) is 2.96. The molecule has 2 amide bonds. The lowest BCUT2D eigenvalue weighted by atomic mass is 10.2. The van der Waals surface area contributed by atoms with Crippen LogP contribution in [0.25, 0.3) is 0 Å². The number of hydrogen-bond acceptors (Lipinski definition) is 4. The Labute approximate surface area is 136 Å². The third-order valence-corrected chi connectivity index (χ3v) is 3.55. The van der Waals surface area contributed by atoms with Gasteiger partial charge < -0.3 is 25.2 Å². The molecular weight excluding hydrogens is 356 g/mol. The fourth-order valence-corrected chi connectivity index (χ4v) is 2.56. The van der Waals surface area contributed by atoms with Gasteiger partial charge in [-0.15, -0.1) is 0 Å². The van der Waals surface area contributed by atoms with Gasteiger partial charge in [-0.3, -0.25) is 4.79 Å². The molecule has 7 nitrogen and oxygen atoms in total. The smallest absolute Gasteiger partial charge is 0.315 e. The quantitative estimate of drug-likeness (QED) is 0.662. The Kier molecular flexibility index (Phi) is 5.88. The van der Waals surface area contributed by atoms with Gasteiger partial charge in [-0.25, -0.2) is 4.79 Å². The molecule has 2 rings (SSSR count). The first-order valence-corrected chi connectivity index (χ1v) is 7.67. The maximum Gasteiger partial charge on any atom is 0.315 e. The van der Waals surface area contributed by atoms with E-state index in [0.29, 0.717) is 44.2 Å². The van der Waals surface area contributed by atoms with Crippen LogP contribution in [0.2, 0.25) is 0 Å².